The number of piperidine rings is 1. The summed E-state index contributed by atoms with van der Waals surface area (Å²) in [5.74, 6) is -0.171. The van der Waals surface area contributed by atoms with E-state index in [2.05, 4.69) is 32.4 Å². The van der Waals surface area contributed by atoms with Gasteiger partial charge in [-0.1, -0.05) is 30.3 Å². The Labute approximate surface area is 201 Å². The Kier molecular flexibility index (Phi) is 5.25. The minimum atomic E-state index is -0.244. The van der Waals surface area contributed by atoms with Crippen molar-refractivity contribution >= 4 is 28.4 Å². The zero-order chi connectivity index (χ0) is 23.8. The molecule has 2 N–H and O–H groups in total. The second kappa shape index (κ2) is 8.72. The van der Waals surface area contributed by atoms with Crippen molar-refractivity contribution in [3.05, 3.63) is 102 Å². The lowest BCUT2D eigenvalue weighted by molar-refractivity contribution is 0.0656. The average Bonchev–Trinajstić information content (AvgIpc) is 3.56. The number of carbonyl (C=O) groups excluding carboxylic acids is 2. The Morgan fingerprint density at radius 1 is 1.06 bits per heavy atom. The van der Waals surface area contributed by atoms with Crippen LogP contribution < -0.4 is 5.32 Å². The molecule has 8 heteroatoms. The van der Waals surface area contributed by atoms with E-state index in [0.717, 1.165) is 28.5 Å². The summed E-state index contributed by atoms with van der Waals surface area (Å²) in [5.41, 5.74) is 4.54. The second-order valence-corrected chi connectivity index (χ2v) is 8.86. The Hall–Kier alpha value is -4.46. The molecule has 1 aromatic carbocycles. The molecule has 1 saturated heterocycles. The molecule has 1 aliphatic rings. The van der Waals surface area contributed by atoms with Gasteiger partial charge in [-0.25, -0.2) is 4.98 Å². The zero-order valence-electron chi connectivity index (χ0n) is 19.0. The highest BCUT2D eigenvalue weighted by molar-refractivity contribution is 6.01. The smallest absolute Gasteiger partial charge is 0.268 e. The van der Waals surface area contributed by atoms with Gasteiger partial charge in [-0.3, -0.25) is 14.6 Å². The van der Waals surface area contributed by atoms with E-state index in [-0.39, 0.29) is 23.8 Å². The lowest BCUT2D eigenvalue weighted by atomic mass is 9.85. The molecule has 2 atom stereocenters. The summed E-state index contributed by atoms with van der Waals surface area (Å²) in [5, 5.41) is 3.20. The fourth-order valence-electron chi connectivity index (χ4n) is 5.01. The molecule has 4 aromatic heterocycles. The van der Waals surface area contributed by atoms with Crippen molar-refractivity contribution in [3.63, 3.8) is 0 Å². The highest BCUT2D eigenvalue weighted by Gasteiger charge is 2.34. The van der Waals surface area contributed by atoms with Crippen molar-refractivity contribution < 1.29 is 9.59 Å². The van der Waals surface area contributed by atoms with Gasteiger partial charge in [0.25, 0.3) is 11.8 Å². The lowest BCUT2D eigenvalue weighted by Crippen LogP contribution is -2.53. The number of benzene rings is 1. The van der Waals surface area contributed by atoms with Crippen molar-refractivity contribution in [2.45, 2.75) is 18.4 Å². The Bertz CT molecular complexity index is 1490. The summed E-state index contributed by atoms with van der Waals surface area (Å²) in [6, 6.07) is 19.1. The number of hydrogen-bond donors (Lipinski definition) is 2. The molecule has 0 bridgehead atoms. The Morgan fingerprint density at radius 3 is 2.80 bits per heavy atom. The monoisotopic (exact) mass is 464 g/mol. The van der Waals surface area contributed by atoms with Gasteiger partial charge in [-0.05, 0) is 42.3 Å². The van der Waals surface area contributed by atoms with Crippen LogP contribution in [-0.4, -0.2) is 55.2 Å². The van der Waals surface area contributed by atoms with Crippen LogP contribution in [0, 0.1) is 0 Å². The van der Waals surface area contributed by atoms with E-state index in [1.54, 1.807) is 24.8 Å². The van der Waals surface area contributed by atoms with Gasteiger partial charge in [-0.2, -0.15) is 0 Å². The third-order valence-electron chi connectivity index (χ3n) is 6.76. The van der Waals surface area contributed by atoms with Crippen molar-refractivity contribution in [1.82, 2.24) is 29.6 Å². The van der Waals surface area contributed by atoms with E-state index in [0.29, 0.717) is 24.3 Å². The molecule has 5 heterocycles. The molecule has 0 spiro atoms. The van der Waals surface area contributed by atoms with Gasteiger partial charge in [0, 0.05) is 31.4 Å². The van der Waals surface area contributed by atoms with Gasteiger partial charge in [0.05, 0.1) is 40.7 Å². The number of likely N-dealkylation sites (tertiary alicyclic amines) is 1. The fraction of sp³-hybridized carbons (Fsp3) is 0.185. The predicted octanol–water partition coefficient (Wildman–Crippen LogP) is 3.64. The quantitative estimate of drug-likeness (QED) is 0.425. The number of amides is 2. The summed E-state index contributed by atoms with van der Waals surface area (Å²) in [6.45, 7) is 1.02. The molecule has 35 heavy (non-hydrogen) atoms. The number of imidazole rings is 1. The van der Waals surface area contributed by atoms with Crippen LogP contribution in [0.25, 0.3) is 16.6 Å². The molecule has 0 radical (unpaired) electrons. The molecule has 1 fully saturated rings. The number of fused-ring (bicyclic) bond motifs is 2. The maximum Gasteiger partial charge on any atom is 0.268 e. The molecular weight excluding hydrogens is 440 g/mol. The van der Waals surface area contributed by atoms with Crippen LogP contribution >= 0.6 is 0 Å². The van der Waals surface area contributed by atoms with Crippen LogP contribution in [0.3, 0.4) is 0 Å². The van der Waals surface area contributed by atoms with Gasteiger partial charge in [-0.15, -0.1) is 0 Å². The number of hydrogen-bond acceptors (Lipinski definition) is 4. The van der Waals surface area contributed by atoms with Crippen molar-refractivity contribution in [2.24, 2.45) is 0 Å². The number of nitrogens with one attached hydrogen (secondary N) is 2. The molecule has 6 rings (SSSR count). The molecule has 0 aliphatic carbocycles. The molecule has 1 aliphatic heterocycles. The maximum atomic E-state index is 13.5. The SMILES string of the molecule is O=C(NC1CN(C(=O)c2cccn3cncc23)CC[C@H]1c1ccccc1)c1cc2ncccc2[nH]1. The molecular formula is C27H24N6O2. The maximum absolute atomic E-state index is 13.5. The topological polar surface area (TPSA) is 95.4 Å². The predicted molar refractivity (Wildman–Crippen MR) is 132 cm³/mol. The number of aromatic nitrogens is 4. The zero-order valence-corrected chi connectivity index (χ0v) is 19.0. The highest BCUT2D eigenvalue weighted by atomic mass is 16.2. The van der Waals surface area contributed by atoms with Crippen LogP contribution in [0.4, 0.5) is 0 Å². The van der Waals surface area contributed by atoms with Crippen LogP contribution in [-0.2, 0) is 0 Å². The third-order valence-corrected chi connectivity index (χ3v) is 6.76. The lowest BCUT2D eigenvalue weighted by Gasteiger charge is -2.39. The number of H-pyrrole nitrogens is 1. The van der Waals surface area contributed by atoms with Gasteiger partial charge in [0.2, 0.25) is 0 Å². The number of aromatic amines is 1. The second-order valence-electron chi connectivity index (χ2n) is 8.86. The standard InChI is InChI=1S/C27H24N6O2/c34-26(23-14-22-21(30-23)9-4-11-29-22)31-24-16-32(13-10-19(24)18-6-2-1-3-7-18)27(35)20-8-5-12-33-17-28-15-25(20)33/h1-9,11-12,14-15,17,19,24,30H,10,13,16H2,(H,31,34)/t19-,24?/m0/s1. The minimum absolute atomic E-state index is 0.0586. The van der Waals surface area contributed by atoms with Gasteiger partial charge >= 0.3 is 0 Å². The van der Waals surface area contributed by atoms with Crippen molar-refractivity contribution in [1.29, 1.82) is 0 Å². The van der Waals surface area contributed by atoms with E-state index >= 15 is 0 Å². The number of pyridine rings is 2. The van der Waals surface area contributed by atoms with E-state index in [4.69, 9.17) is 0 Å². The summed E-state index contributed by atoms with van der Waals surface area (Å²) in [7, 11) is 0. The fourth-order valence-corrected chi connectivity index (χ4v) is 5.01. The number of carbonyl (C=O) groups is 2. The molecule has 174 valence electrons. The van der Waals surface area contributed by atoms with Crippen LogP contribution in [0.2, 0.25) is 0 Å². The van der Waals surface area contributed by atoms with E-state index in [9.17, 15) is 9.59 Å². The highest BCUT2D eigenvalue weighted by Crippen LogP contribution is 2.30. The van der Waals surface area contributed by atoms with Gasteiger partial charge in [0.15, 0.2) is 0 Å². The summed E-state index contributed by atoms with van der Waals surface area (Å²) >= 11 is 0. The molecule has 2 amide bonds. The first-order chi connectivity index (χ1) is 17.2. The van der Waals surface area contributed by atoms with Crippen LogP contribution in [0.15, 0.2) is 85.6 Å². The first kappa shape index (κ1) is 21.1. The Morgan fingerprint density at radius 2 is 1.94 bits per heavy atom. The van der Waals surface area contributed by atoms with Gasteiger partial charge < -0.3 is 19.6 Å². The van der Waals surface area contributed by atoms with Gasteiger partial charge in [0.1, 0.15) is 5.69 Å². The molecule has 1 unspecified atom stereocenters. The molecule has 8 nitrogen and oxygen atoms in total. The Balaban J connectivity index is 1.29. The van der Waals surface area contributed by atoms with Crippen LogP contribution in [0.1, 0.15) is 38.7 Å². The first-order valence-corrected chi connectivity index (χ1v) is 11.7. The third kappa shape index (κ3) is 3.93. The first-order valence-electron chi connectivity index (χ1n) is 11.7. The minimum Gasteiger partial charge on any atom is -0.349 e. The summed E-state index contributed by atoms with van der Waals surface area (Å²) in [6.07, 6.45) is 7.71. The molecule has 0 saturated carbocycles. The van der Waals surface area contributed by atoms with Crippen molar-refractivity contribution in [2.75, 3.05) is 13.1 Å². The van der Waals surface area contributed by atoms with Crippen LogP contribution in [0.5, 0.6) is 0 Å². The molecule has 5 aromatic rings. The average molecular weight is 465 g/mol. The normalized spacial score (nSPS) is 18.1. The number of nitrogens with zero attached hydrogens (tertiary/aromatic N) is 4. The summed E-state index contributed by atoms with van der Waals surface area (Å²) < 4.78 is 1.84. The van der Waals surface area contributed by atoms with E-state index in [1.807, 2.05) is 58.0 Å². The van der Waals surface area contributed by atoms with Crippen molar-refractivity contribution in [3.8, 4) is 0 Å². The van der Waals surface area contributed by atoms with E-state index < -0.39 is 0 Å². The van der Waals surface area contributed by atoms with E-state index in [1.165, 1.54) is 0 Å². The summed E-state index contributed by atoms with van der Waals surface area (Å²) in [4.78, 5) is 40.3. The number of rotatable bonds is 4. The largest absolute Gasteiger partial charge is 0.349 e.